The summed E-state index contributed by atoms with van der Waals surface area (Å²) in [6.07, 6.45) is 1.96. The average molecular weight is 334 g/mol. The maximum atomic E-state index is 13.0. The summed E-state index contributed by atoms with van der Waals surface area (Å²) in [6.45, 7) is 0.408. The molecular weight excluding hydrogens is 315 g/mol. The van der Waals surface area contributed by atoms with Crippen LogP contribution < -0.4 is 10.2 Å². The molecule has 7 heteroatoms. The number of carbonyl (C=O) groups is 3. The molecule has 1 unspecified atom stereocenters. The number of nitrogens with zero attached hydrogens (tertiary/aromatic N) is 1. The largest absolute Gasteiger partial charge is 0.481 e. The van der Waals surface area contributed by atoms with E-state index in [2.05, 4.69) is 5.32 Å². The molecule has 0 aromatic heterocycles. The van der Waals surface area contributed by atoms with Crippen LogP contribution >= 0.6 is 0 Å². The van der Waals surface area contributed by atoms with Crippen LogP contribution in [0.1, 0.15) is 25.7 Å². The zero-order valence-electron chi connectivity index (χ0n) is 13.1. The van der Waals surface area contributed by atoms with E-state index in [1.54, 1.807) is 0 Å². The molecule has 0 radical (unpaired) electrons. The topological polar surface area (TPSA) is 86.7 Å². The standard InChI is InChI=1S/C17H19FN2O4/c18-11-2-5-13(6-3-11)20-8-7-14(16(20)22)15(21)19-12-4-1-10(9-12)17(23)24/h2-3,5-6,10,12,14H,1,4,7-9H2,(H,19,21)(H,23,24)/t10-,12+,14?/m1/s1. The van der Waals surface area contributed by atoms with Gasteiger partial charge in [0.25, 0.3) is 0 Å². The van der Waals surface area contributed by atoms with Crippen molar-refractivity contribution in [1.29, 1.82) is 0 Å². The summed E-state index contributed by atoms with van der Waals surface area (Å²) in [5.41, 5.74) is 0.573. The molecular formula is C17H19FN2O4. The molecule has 128 valence electrons. The monoisotopic (exact) mass is 334 g/mol. The van der Waals surface area contributed by atoms with Crippen LogP contribution in [0.15, 0.2) is 24.3 Å². The third kappa shape index (κ3) is 3.25. The number of carboxylic acid groups (broad SMARTS) is 1. The first kappa shape index (κ1) is 16.4. The van der Waals surface area contributed by atoms with E-state index < -0.39 is 17.8 Å². The molecule has 0 spiro atoms. The quantitative estimate of drug-likeness (QED) is 0.818. The number of nitrogens with one attached hydrogen (secondary N) is 1. The smallest absolute Gasteiger partial charge is 0.306 e. The van der Waals surface area contributed by atoms with Gasteiger partial charge in [-0.1, -0.05) is 0 Å². The first-order chi connectivity index (χ1) is 11.5. The Morgan fingerprint density at radius 3 is 2.50 bits per heavy atom. The highest BCUT2D eigenvalue weighted by Crippen LogP contribution is 2.28. The molecule has 6 nitrogen and oxygen atoms in total. The zero-order chi connectivity index (χ0) is 17.3. The molecule has 3 rings (SSSR count). The normalized spacial score (nSPS) is 26.6. The van der Waals surface area contributed by atoms with Crippen LogP contribution in [0, 0.1) is 17.7 Å². The number of halogens is 1. The molecule has 1 saturated heterocycles. The first-order valence-corrected chi connectivity index (χ1v) is 8.06. The van der Waals surface area contributed by atoms with Gasteiger partial charge in [-0.15, -0.1) is 0 Å². The summed E-state index contributed by atoms with van der Waals surface area (Å²) in [4.78, 5) is 37.3. The van der Waals surface area contributed by atoms with Gasteiger partial charge in [0.05, 0.1) is 5.92 Å². The summed E-state index contributed by atoms with van der Waals surface area (Å²) in [5, 5.41) is 11.8. The lowest BCUT2D eigenvalue weighted by atomic mass is 10.1. The molecule has 2 aliphatic rings. The number of carbonyl (C=O) groups excluding carboxylic acids is 2. The number of aliphatic carboxylic acids is 1. The highest BCUT2D eigenvalue weighted by molar-refractivity contribution is 6.09. The number of amides is 2. The van der Waals surface area contributed by atoms with Gasteiger partial charge in [0.15, 0.2) is 0 Å². The van der Waals surface area contributed by atoms with Gasteiger partial charge in [-0.3, -0.25) is 14.4 Å². The van der Waals surface area contributed by atoms with E-state index in [0.717, 1.165) is 0 Å². The summed E-state index contributed by atoms with van der Waals surface area (Å²) >= 11 is 0. The lowest BCUT2D eigenvalue weighted by Gasteiger charge is -2.18. The van der Waals surface area contributed by atoms with E-state index in [0.29, 0.717) is 37.9 Å². The van der Waals surface area contributed by atoms with Crippen molar-refractivity contribution in [3.8, 4) is 0 Å². The van der Waals surface area contributed by atoms with Crippen molar-refractivity contribution in [2.24, 2.45) is 11.8 Å². The maximum absolute atomic E-state index is 13.0. The number of benzene rings is 1. The minimum absolute atomic E-state index is 0.189. The minimum Gasteiger partial charge on any atom is -0.481 e. The van der Waals surface area contributed by atoms with Gasteiger partial charge in [-0.25, -0.2) is 4.39 Å². The van der Waals surface area contributed by atoms with Gasteiger partial charge in [-0.2, -0.15) is 0 Å². The Hall–Kier alpha value is -2.44. The maximum Gasteiger partial charge on any atom is 0.306 e. The summed E-state index contributed by atoms with van der Waals surface area (Å²) in [6, 6.07) is 5.40. The molecule has 1 heterocycles. The van der Waals surface area contributed by atoms with Gasteiger partial charge in [0.1, 0.15) is 11.7 Å². The van der Waals surface area contributed by atoms with Gasteiger partial charge in [0, 0.05) is 18.3 Å². The van der Waals surface area contributed by atoms with Gasteiger partial charge in [0.2, 0.25) is 11.8 Å². The molecule has 2 fully saturated rings. The lowest BCUT2D eigenvalue weighted by Crippen LogP contribution is -2.41. The Morgan fingerprint density at radius 1 is 1.17 bits per heavy atom. The van der Waals surface area contributed by atoms with Crippen LogP contribution in [0.3, 0.4) is 0 Å². The number of rotatable bonds is 4. The van der Waals surface area contributed by atoms with E-state index in [1.165, 1.54) is 29.2 Å². The van der Waals surface area contributed by atoms with Crippen molar-refractivity contribution in [3.05, 3.63) is 30.1 Å². The molecule has 3 atom stereocenters. The Bertz CT molecular complexity index is 661. The van der Waals surface area contributed by atoms with Crippen LogP contribution in [0.25, 0.3) is 0 Å². The molecule has 1 aromatic carbocycles. The molecule has 1 aromatic rings. The van der Waals surface area contributed by atoms with Crippen LogP contribution in [-0.2, 0) is 14.4 Å². The van der Waals surface area contributed by atoms with Crippen LogP contribution in [-0.4, -0.2) is 35.5 Å². The fraction of sp³-hybridized carbons (Fsp3) is 0.471. The fourth-order valence-corrected chi connectivity index (χ4v) is 3.44. The van der Waals surface area contributed by atoms with Crippen LogP contribution in [0.5, 0.6) is 0 Å². The molecule has 1 aliphatic heterocycles. The van der Waals surface area contributed by atoms with Crippen LogP contribution in [0.4, 0.5) is 10.1 Å². The number of anilines is 1. The van der Waals surface area contributed by atoms with Gasteiger partial charge < -0.3 is 15.3 Å². The lowest BCUT2D eigenvalue weighted by molar-refractivity contribution is -0.142. The van der Waals surface area contributed by atoms with Gasteiger partial charge >= 0.3 is 5.97 Å². The Labute approximate surface area is 138 Å². The predicted molar refractivity (Wildman–Crippen MR) is 83.8 cm³/mol. The summed E-state index contributed by atoms with van der Waals surface area (Å²) in [7, 11) is 0. The number of carboxylic acids is 1. The second-order valence-corrected chi connectivity index (χ2v) is 6.36. The van der Waals surface area contributed by atoms with Crippen molar-refractivity contribution in [1.82, 2.24) is 5.32 Å². The molecule has 2 N–H and O–H groups in total. The molecule has 1 aliphatic carbocycles. The van der Waals surface area contributed by atoms with Crippen molar-refractivity contribution in [3.63, 3.8) is 0 Å². The molecule has 0 bridgehead atoms. The fourth-order valence-electron chi connectivity index (χ4n) is 3.44. The Morgan fingerprint density at radius 2 is 1.88 bits per heavy atom. The zero-order valence-corrected chi connectivity index (χ0v) is 13.1. The van der Waals surface area contributed by atoms with E-state index in [-0.39, 0.29) is 23.7 Å². The Kier molecular flexibility index (Phi) is 4.51. The molecule has 2 amide bonds. The third-order valence-electron chi connectivity index (χ3n) is 4.79. The van der Waals surface area contributed by atoms with Gasteiger partial charge in [-0.05, 0) is 49.9 Å². The average Bonchev–Trinajstić information content (AvgIpc) is 3.15. The van der Waals surface area contributed by atoms with E-state index in [4.69, 9.17) is 5.11 Å². The summed E-state index contributed by atoms with van der Waals surface area (Å²) in [5.74, 6) is -3.06. The first-order valence-electron chi connectivity index (χ1n) is 8.06. The highest BCUT2D eigenvalue weighted by Gasteiger charge is 2.39. The SMILES string of the molecule is O=C(N[C@H]1CC[C@@H](C(=O)O)C1)C1CCN(c2ccc(F)cc2)C1=O. The van der Waals surface area contributed by atoms with Crippen molar-refractivity contribution < 1.29 is 23.9 Å². The van der Waals surface area contributed by atoms with Crippen molar-refractivity contribution in [2.45, 2.75) is 31.7 Å². The highest BCUT2D eigenvalue weighted by atomic mass is 19.1. The van der Waals surface area contributed by atoms with E-state index in [1.807, 2.05) is 0 Å². The van der Waals surface area contributed by atoms with Crippen molar-refractivity contribution >= 4 is 23.5 Å². The van der Waals surface area contributed by atoms with Crippen LogP contribution in [0.2, 0.25) is 0 Å². The minimum atomic E-state index is -0.842. The third-order valence-corrected chi connectivity index (χ3v) is 4.79. The van der Waals surface area contributed by atoms with E-state index in [9.17, 15) is 18.8 Å². The molecule has 1 saturated carbocycles. The van der Waals surface area contributed by atoms with E-state index >= 15 is 0 Å². The second-order valence-electron chi connectivity index (χ2n) is 6.36. The Balaban J connectivity index is 1.60. The predicted octanol–water partition coefficient (Wildman–Crippen LogP) is 1.55. The number of hydrogen-bond donors (Lipinski definition) is 2. The summed E-state index contributed by atoms with van der Waals surface area (Å²) < 4.78 is 13.0. The molecule has 24 heavy (non-hydrogen) atoms. The number of hydrogen-bond acceptors (Lipinski definition) is 3. The van der Waals surface area contributed by atoms with Crippen molar-refractivity contribution in [2.75, 3.05) is 11.4 Å². The second kappa shape index (κ2) is 6.59.